The Balaban J connectivity index is 2.67. The average molecular weight is 323 g/mol. The number of nitrogens with zero attached hydrogens (tertiary/aromatic N) is 3. The van der Waals surface area contributed by atoms with Gasteiger partial charge in [-0.05, 0) is 6.07 Å². The van der Waals surface area contributed by atoms with Crippen LogP contribution in [0, 0.1) is 10.1 Å². The lowest BCUT2D eigenvalue weighted by Crippen LogP contribution is -2.22. The van der Waals surface area contributed by atoms with Crippen LogP contribution in [0.3, 0.4) is 0 Å². The largest absolute Gasteiger partial charge is 0.468 e. The van der Waals surface area contributed by atoms with Crippen molar-refractivity contribution in [3.8, 4) is 0 Å². The number of benzene rings is 1. The van der Waals surface area contributed by atoms with E-state index < -0.39 is 10.9 Å². The maximum atomic E-state index is 11.5. The van der Waals surface area contributed by atoms with Gasteiger partial charge in [-0.3, -0.25) is 19.7 Å². The molecule has 0 saturated heterocycles. The number of thiazole rings is 1. The Bertz CT molecular complexity index is 821. The molecule has 9 heteroatoms. The summed E-state index contributed by atoms with van der Waals surface area (Å²) in [6.07, 6.45) is 0.229. The molecule has 0 aliphatic carbocycles. The normalized spacial score (nSPS) is 11.6. The second-order valence-electron chi connectivity index (χ2n) is 4.32. The number of esters is 1. The number of non-ortho nitro benzene ring substituents is 1. The number of aromatic nitrogens is 1. The minimum atomic E-state index is -0.502. The van der Waals surface area contributed by atoms with Crippen molar-refractivity contribution in [3.05, 3.63) is 33.1 Å². The number of methoxy groups -OCH3 is 1. The van der Waals surface area contributed by atoms with Crippen LogP contribution in [0.2, 0.25) is 0 Å². The van der Waals surface area contributed by atoms with Gasteiger partial charge in [0.15, 0.2) is 4.80 Å². The summed E-state index contributed by atoms with van der Waals surface area (Å²) in [7, 11) is 1.26. The number of nitro benzene ring substituents is 1. The van der Waals surface area contributed by atoms with Crippen LogP contribution in [0.25, 0.3) is 10.2 Å². The summed E-state index contributed by atoms with van der Waals surface area (Å²) < 4.78 is 6.72. The van der Waals surface area contributed by atoms with Gasteiger partial charge in [0.1, 0.15) is 6.54 Å². The van der Waals surface area contributed by atoms with Crippen LogP contribution < -0.4 is 4.80 Å². The zero-order valence-electron chi connectivity index (χ0n) is 11.9. The summed E-state index contributed by atoms with van der Waals surface area (Å²) in [4.78, 5) is 37.7. The maximum Gasteiger partial charge on any atom is 0.325 e. The van der Waals surface area contributed by atoms with E-state index in [2.05, 4.69) is 9.73 Å². The first-order valence-electron chi connectivity index (χ1n) is 6.38. The number of fused-ring (bicyclic) bond motifs is 1. The highest BCUT2D eigenvalue weighted by Gasteiger charge is 2.14. The highest BCUT2D eigenvalue weighted by Crippen LogP contribution is 2.23. The molecule has 0 N–H and O–H groups in total. The Kier molecular flexibility index (Phi) is 4.66. The van der Waals surface area contributed by atoms with Gasteiger partial charge in [0.25, 0.3) is 5.69 Å². The second-order valence-corrected chi connectivity index (χ2v) is 5.32. The number of ether oxygens (including phenoxy) is 1. The van der Waals surface area contributed by atoms with Gasteiger partial charge in [0, 0.05) is 18.6 Å². The van der Waals surface area contributed by atoms with E-state index in [0.29, 0.717) is 15.0 Å². The van der Waals surface area contributed by atoms with Crippen LogP contribution in [-0.2, 0) is 20.9 Å². The Morgan fingerprint density at radius 3 is 2.77 bits per heavy atom. The summed E-state index contributed by atoms with van der Waals surface area (Å²) in [6.45, 7) is 1.55. The lowest BCUT2D eigenvalue weighted by Gasteiger charge is -2.03. The number of hydrogen-bond acceptors (Lipinski definition) is 6. The number of hydrogen-bond donors (Lipinski definition) is 0. The average Bonchev–Trinajstić information content (AvgIpc) is 2.83. The Morgan fingerprint density at radius 1 is 1.45 bits per heavy atom. The van der Waals surface area contributed by atoms with E-state index >= 15 is 0 Å². The highest BCUT2D eigenvalue weighted by molar-refractivity contribution is 7.16. The number of carbonyl (C=O) groups excluding carboxylic acids is 2. The smallest absolute Gasteiger partial charge is 0.325 e. The van der Waals surface area contributed by atoms with Gasteiger partial charge in [0.05, 0.1) is 22.2 Å². The number of carbonyl (C=O) groups is 2. The SMILES string of the molecule is CCC(=O)N=c1sc2cc([N+](=O)[O-])ccc2n1CC(=O)OC. The van der Waals surface area contributed by atoms with Crippen LogP contribution in [0.5, 0.6) is 0 Å². The zero-order valence-corrected chi connectivity index (χ0v) is 12.8. The first-order chi connectivity index (χ1) is 10.5. The molecule has 0 atom stereocenters. The molecule has 22 heavy (non-hydrogen) atoms. The van der Waals surface area contributed by atoms with Crippen LogP contribution >= 0.6 is 11.3 Å². The van der Waals surface area contributed by atoms with Crippen molar-refractivity contribution in [2.45, 2.75) is 19.9 Å². The standard InChI is InChI=1S/C13H13N3O5S/c1-3-11(17)14-13-15(7-12(18)21-2)9-5-4-8(16(19)20)6-10(9)22-13/h4-6H,3,7H2,1-2H3. The molecule has 8 nitrogen and oxygen atoms in total. The molecule has 1 aromatic carbocycles. The van der Waals surface area contributed by atoms with Crippen molar-refractivity contribution in [2.24, 2.45) is 4.99 Å². The van der Waals surface area contributed by atoms with E-state index in [1.165, 1.54) is 29.9 Å². The lowest BCUT2D eigenvalue weighted by atomic mass is 10.3. The lowest BCUT2D eigenvalue weighted by molar-refractivity contribution is -0.384. The van der Waals surface area contributed by atoms with Gasteiger partial charge in [0.2, 0.25) is 5.91 Å². The van der Waals surface area contributed by atoms with Gasteiger partial charge in [-0.1, -0.05) is 18.3 Å². The summed E-state index contributed by atoms with van der Waals surface area (Å²) in [5, 5.41) is 10.8. The van der Waals surface area contributed by atoms with Gasteiger partial charge in [-0.2, -0.15) is 4.99 Å². The number of amides is 1. The van der Waals surface area contributed by atoms with Gasteiger partial charge >= 0.3 is 5.97 Å². The summed E-state index contributed by atoms with van der Waals surface area (Å²) in [6, 6.07) is 4.26. The minimum absolute atomic E-state index is 0.0627. The molecule has 1 aromatic heterocycles. The maximum absolute atomic E-state index is 11.5. The number of rotatable bonds is 4. The first kappa shape index (κ1) is 15.8. The molecule has 0 aliphatic heterocycles. The van der Waals surface area contributed by atoms with E-state index in [1.807, 2.05) is 0 Å². The third kappa shape index (κ3) is 3.19. The molecule has 1 amide bonds. The van der Waals surface area contributed by atoms with E-state index in [4.69, 9.17) is 0 Å². The molecule has 0 radical (unpaired) electrons. The Hall–Kier alpha value is -2.55. The fraction of sp³-hybridized carbons (Fsp3) is 0.308. The highest BCUT2D eigenvalue weighted by atomic mass is 32.1. The van der Waals surface area contributed by atoms with Crippen molar-refractivity contribution >= 4 is 39.1 Å². The molecule has 116 valence electrons. The van der Waals surface area contributed by atoms with Crippen LogP contribution in [-0.4, -0.2) is 28.5 Å². The molecular formula is C13H13N3O5S. The van der Waals surface area contributed by atoms with Crippen molar-refractivity contribution in [1.29, 1.82) is 0 Å². The Morgan fingerprint density at radius 2 is 2.18 bits per heavy atom. The molecule has 1 heterocycles. The topological polar surface area (TPSA) is 104 Å². The van der Waals surface area contributed by atoms with Crippen molar-refractivity contribution in [1.82, 2.24) is 4.57 Å². The van der Waals surface area contributed by atoms with Gasteiger partial charge in [-0.25, -0.2) is 0 Å². The molecule has 0 saturated carbocycles. The first-order valence-corrected chi connectivity index (χ1v) is 7.20. The number of nitro groups is 1. The van der Waals surface area contributed by atoms with Crippen LogP contribution in [0.4, 0.5) is 5.69 Å². The predicted molar refractivity (Wildman–Crippen MR) is 79.3 cm³/mol. The molecule has 0 fully saturated rings. The fourth-order valence-corrected chi connectivity index (χ4v) is 2.87. The monoisotopic (exact) mass is 323 g/mol. The molecule has 0 unspecified atom stereocenters. The summed E-state index contributed by atoms with van der Waals surface area (Å²) in [5.41, 5.74) is 0.524. The molecule has 0 bridgehead atoms. The molecular weight excluding hydrogens is 310 g/mol. The van der Waals surface area contributed by atoms with E-state index in [1.54, 1.807) is 6.92 Å². The zero-order chi connectivity index (χ0) is 16.3. The summed E-state index contributed by atoms with van der Waals surface area (Å²) >= 11 is 1.11. The molecule has 2 aromatic rings. The Labute approximate surface area is 128 Å². The van der Waals surface area contributed by atoms with E-state index in [-0.39, 0.29) is 24.6 Å². The van der Waals surface area contributed by atoms with Crippen LogP contribution in [0.15, 0.2) is 23.2 Å². The fourth-order valence-electron chi connectivity index (χ4n) is 1.79. The van der Waals surface area contributed by atoms with Crippen molar-refractivity contribution < 1.29 is 19.2 Å². The minimum Gasteiger partial charge on any atom is -0.468 e. The van der Waals surface area contributed by atoms with E-state index in [9.17, 15) is 19.7 Å². The molecule has 2 rings (SSSR count). The third-order valence-electron chi connectivity index (χ3n) is 2.91. The summed E-state index contributed by atoms with van der Waals surface area (Å²) in [5.74, 6) is -0.830. The van der Waals surface area contributed by atoms with Crippen LogP contribution in [0.1, 0.15) is 13.3 Å². The quantitative estimate of drug-likeness (QED) is 0.483. The van der Waals surface area contributed by atoms with Gasteiger partial charge in [-0.15, -0.1) is 0 Å². The second kappa shape index (κ2) is 6.48. The third-order valence-corrected chi connectivity index (χ3v) is 3.96. The van der Waals surface area contributed by atoms with Crippen molar-refractivity contribution in [2.75, 3.05) is 7.11 Å². The predicted octanol–water partition coefficient (Wildman–Crippen LogP) is 1.62. The van der Waals surface area contributed by atoms with E-state index in [0.717, 1.165) is 11.3 Å². The molecule has 0 aliphatic rings. The van der Waals surface area contributed by atoms with Crippen molar-refractivity contribution in [3.63, 3.8) is 0 Å². The molecule has 0 spiro atoms. The van der Waals surface area contributed by atoms with Gasteiger partial charge < -0.3 is 9.30 Å².